The van der Waals surface area contributed by atoms with Gasteiger partial charge in [0, 0.05) is 18.6 Å². The van der Waals surface area contributed by atoms with Crippen molar-refractivity contribution < 1.29 is 0 Å². The van der Waals surface area contributed by atoms with Crippen molar-refractivity contribution in [2.45, 2.75) is 65.5 Å². The van der Waals surface area contributed by atoms with Gasteiger partial charge in [-0.1, -0.05) is 26.7 Å². The smallest absolute Gasteiger partial charge is 0.0166 e. The molecule has 2 atom stereocenters. The maximum Gasteiger partial charge on any atom is 0.0166 e. The van der Waals surface area contributed by atoms with E-state index in [0.29, 0.717) is 6.04 Å². The average molecular weight is 226 g/mol. The van der Waals surface area contributed by atoms with Gasteiger partial charge in [-0.05, 0) is 45.7 Å². The molecule has 0 aromatic carbocycles. The van der Waals surface area contributed by atoms with Crippen molar-refractivity contribution >= 4 is 0 Å². The molecule has 2 unspecified atom stereocenters. The fraction of sp³-hybridized carbons (Fsp3) is 1.00. The molecule has 0 aromatic heterocycles. The summed E-state index contributed by atoms with van der Waals surface area (Å²) in [6.07, 6.45) is 5.44. The lowest BCUT2D eigenvalue weighted by Crippen LogP contribution is -2.40. The second-order valence-electron chi connectivity index (χ2n) is 5.88. The Morgan fingerprint density at radius 1 is 1.25 bits per heavy atom. The van der Waals surface area contributed by atoms with Crippen molar-refractivity contribution in [3.8, 4) is 0 Å². The molecule has 1 rings (SSSR count). The van der Waals surface area contributed by atoms with Crippen molar-refractivity contribution in [2.75, 3.05) is 19.6 Å². The number of hydrogen-bond acceptors (Lipinski definition) is 2. The summed E-state index contributed by atoms with van der Waals surface area (Å²) in [6, 6.07) is 1.43. The summed E-state index contributed by atoms with van der Waals surface area (Å²) in [7, 11) is 0. The normalized spacial score (nSPS) is 25.7. The van der Waals surface area contributed by atoms with Crippen LogP contribution < -0.4 is 5.32 Å². The second kappa shape index (κ2) is 7.29. The second-order valence-corrected chi connectivity index (χ2v) is 5.88. The van der Waals surface area contributed by atoms with Gasteiger partial charge in [0.05, 0.1) is 0 Å². The zero-order valence-electron chi connectivity index (χ0n) is 11.6. The minimum absolute atomic E-state index is 0.662. The van der Waals surface area contributed by atoms with Gasteiger partial charge in [0.25, 0.3) is 0 Å². The third-order valence-corrected chi connectivity index (χ3v) is 3.65. The Kier molecular flexibility index (Phi) is 6.37. The van der Waals surface area contributed by atoms with Crippen LogP contribution in [0.15, 0.2) is 0 Å². The highest BCUT2D eigenvalue weighted by molar-refractivity contribution is 4.76. The minimum Gasteiger partial charge on any atom is -0.313 e. The third kappa shape index (κ3) is 5.31. The minimum atomic E-state index is 0.662. The highest BCUT2D eigenvalue weighted by Gasteiger charge is 2.18. The number of rotatable bonds is 5. The van der Waals surface area contributed by atoms with Crippen LogP contribution in [0.2, 0.25) is 0 Å². The first-order chi connectivity index (χ1) is 7.59. The van der Waals surface area contributed by atoms with Crippen LogP contribution in [-0.4, -0.2) is 36.6 Å². The Bertz CT molecular complexity index is 180. The molecule has 0 spiro atoms. The maximum absolute atomic E-state index is 3.56. The van der Waals surface area contributed by atoms with Gasteiger partial charge in [-0.25, -0.2) is 0 Å². The first-order valence-corrected chi connectivity index (χ1v) is 7.07. The monoisotopic (exact) mass is 226 g/mol. The first kappa shape index (κ1) is 14.0. The van der Waals surface area contributed by atoms with E-state index in [9.17, 15) is 0 Å². The highest BCUT2D eigenvalue weighted by atomic mass is 15.2. The van der Waals surface area contributed by atoms with Crippen LogP contribution in [0.4, 0.5) is 0 Å². The Morgan fingerprint density at radius 2 is 2.00 bits per heavy atom. The van der Waals surface area contributed by atoms with Crippen LogP contribution in [-0.2, 0) is 0 Å². The molecular weight excluding hydrogens is 196 g/mol. The zero-order chi connectivity index (χ0) is 12.0. The largest absolute Gasteiger partial charge is 0.313 e. The summed E-state index contributed by atoms with van der Waals surface area (Å²) >= 11 is 0. The third-order valence-electron chi connectivity index (χ3n) is 3.65. The van der Waals surface area contributed by atoms with Crippen LogP contribution in [0.1, 0.15) is 53.4 Å². The van der Waals surface area contributed by atoms with Gasteiger partial charge in [-0.3, -0.25) is 4.90 Å². The molecule has 0 aromatic rings. The van der Waals surface area contributed by atoms with E-state index in [1.165, 1.54) is 45.3 Å². The quantitative estimate of drug-likeness (QED) is 0.775. The van der Waals surface area contributed by atoms with Gasteiger partial charge in [-0.2, -0.15) is 0 Å². The lowest BCUT2D eigenvalue weighted by atomic mass is 10.0. The van der Waals surface area contributed by atoms with E-state index < -0.39 is 0 Å². The van der Waals surface area contributed by atoms with Gasteiger partial charge in [0.1, 0.15) is 0 Å². The van der Waals surface area contributed by atoms with E-state index in [1.807, 2.05) is 0 Å². The molecule has 1 aliphatic heterocycles. The van der Waals surface area contributed by atoms with E-state index in [2.05, 4.69) is 37.9 Å². The summed E-state index contributed by atoms with van der Waals surface area (Å²) in [5.74, 6) is 0.858. The molecule has 0 amide bonds. The fourth-order valence-electron chi connectivity index (χ4n) is 2.54. The number of hydrogen-bond donors (Lipinski definition) is 1. The van der Waals surface area contributed by atoms with Crippen molar-refractivity contribution in [3.05, 3.63) is 0 Å². The highest BCUT2D eigenvalue weighted by Crippen LogP contribution is 2.14. The van der Waals surface area contributed by atoms with Crippen LogP contribution in [0.5, 0.6) is 0 Å². The molecular formula is C14H30N2. The summed E-state index contributed by atoms with van der Waals surface area (Å²) < 4.78 is 0. The topological polar surface area (TPSA) is 15.3 Å². The van der Waals surface area contributed by atoms with E-state index in [0.717, 1.165) is 12.0 Å². The number of nitrogens with one attached hydrogen (secondary N) is 1. The van der Waals surface area contributed by atoms with E-state index in [1.54, 1.807) is 0 Å². The Balaban J connectivity index is 2.25. The van der Waals surface area contributed by atoms with Crippen molar-refractivity contribution in [1.29, 1.82) is 0 Å². The van der Waals surface area contributed by atoms with Gasteiger partial charge >= 0.3 is 0 Å². The molecule has 2 nitrogen and oxygen atoms in total. The van der Waals surface area contributed by atoms with E-state index in [-0.39, 0.29) is 0 Å². The molecule has 0 saturated carbocycles. The first-order valence-electron chi connectivity index (χ1n) is 7.07. The lowest BCUT2D eigenvalue weighted by Gasteiger charge is -2.29. The molecule has 16 heavy (non-hydrogen) atoms. The fourth-order valence-corrected chi connectivity index (χ4v) is 2.54. The molecule has 96 valence electrons. The van der Waals surface area contributed by atoms with Crippen molar-refractivity contribution in [1.82, 2.24) is 10.2 Å². The molecule has 0 radical (unpaired) electrons. The van der Waals surface area contributed by atoms with Crippen molar-refractivity contribution in [2.24, 2.45) is 5.92 Å². The predicted octanol–water partition coefficient (Wildman–Crippen LogP) is 2.89. The summed E-state index contributed by atoms with van der Waals surface area (Å²) in [5, 5.41) is 3.56. The van der Waals surface area contributed by atoms with Crippen LogP contribution >= 0.6 is 0 Å². The summed E-state index contributed by atoms with van der Waals surface area (Å²) in [5.41, 5.74) is 0. The Labute approximate surface area is 102 Å². The SMILES string of the molecule is CC(C)CCCC(C)N1CCCNC(C)C1. The van der Waals surface area contributed by atoms with Crippen LogP contribution in [0, 0.1) is 5.92 Å². The molecule has 1 saturated heterocycles. The molecule has 1 aliphatic rings. The maximum atomic E-state index is 3.56. The molecule has 1 fully saturated rings. The predicted molar refractivity (Wildman–Crippen MR) is 71.8 cm³/mol. The Morgan fingerprint density at radius 3 is 2.69 bits per heavy atom. The molecule has 2 heteroatoms. The summed E-state index contributed by atoms with van der Waals surface area (Å²) in [6.45, 7) is 13.0. The molecule has 1 heterocycles. The van der Waals surface area contributed by atoms with Gasteiger partial charge in [0.15, 0.2) is 0 Å². The van der Waals surface area contributed by atoms with Crippen LogP contribution in [0.3, 0.4) is 0 Å². The van der Waals surface area contributed by atoms with Gasteiger partial charge in [-0.15, -0.1) is 0 Å². The van der Waals surface area contributed by atoms with Crippen molar-refractivity contribution in [3.63, 3.8) is 0 Å². The summed E-state index contributed by atoms with van der Waals surface area (Å²) in [4.78, 5) is 2.67. The van der Waals surface area contributed by atoms with E-state index >= 15 is 0 Å². The van der Waals surface area contributed by atoms with Crippen LogP contribution in [0.25, 0.3) is 0 Å². The number of nitrogens with zero attached hydrogens (tertiary/aromatic N) is 1. The van der Waals surface area contributed by atoms with E-state index in [4.69, 9.17) is 0 Å². The average Bonchev–Trinajstić information content (AvgIpc) is 2.42. The lowest BCUT2D eigenvalue weighted by molar-refractivity contribution is 0.194. The molecule has 0 bridgehead atoms. The molecule has 0 aliphatic carbocycles. The standard InChI is InChI=1S/C14H30N2/c1-12(2)7-5-8-14(4)16-10-6-9-15-13(3)11-16/h12-15H,5-11H2,1-4H3. The van der Waals surface area contributed by atoms with Gasteiger partial charge in [0.2, 0.25) is 0 Å². The van der Waals surface area contributed by atoms with Gasteiger partial charge < -0.3 is 5.32 Å². The Hall–Kier alpha value is -0.0800. The molecule has 1 N–H and O–H groups in total. The zero-order valence-corrected chi connectivity index (χ0v) is 11.6.